The summed E-state index contributed by atoms with van der Waals surface area (Å²) in [7, 11) is 3.55. The second-order valence-electron chi connectivity index (χ2n) is 6.22. The van der Waals surface area contributed by atoms with Crippen LogP contribution in [0.25, 0.3) is 6.08 Å². The molecule has 3 aromatic rings. The van der Waals surface area contributed by atoms with Crippen LogP contribution < -0.4 is 10.1 Å². The predicted molar refractivity (Wildman–Crippen MR) is 114 cm³/mol. The van der Waals surface area contributed by atoms with Gasteiger partial charge in [0.05, 0.1) is 12.8 Å². The smallest absolute Gasteiger partial charge is 0.244 e. The average molecular weight is 410 g/mol. The summed E-state index contributed by atoms with van der Waals surface area (Å²) in [5.41, 5.74) is 1.93. The summed E-state index contributed by atoms with van der Waals surface area (Å²) in [5, 5.41) is 12.2. The van der Waals surface area contributed by atoms with Crippen LogP contribution in [0, 0.1) is 0 Å². The maximum atomic E-state index is 12.0. The van der Waals surface area contributed by atoms with E-state index in [0.717, 1.165) is 33.7 Å². The second-order valence-corrected chi connectivity index (χ2v) is 7.16. The predicted octanol–water partition coefficient (Wildman–Crippen LogP) is 2.88. The molecule has 150 valence electrons. The first-order valence-corrected chi connectivity index (χ1v) is 10.1. The largest absolute Gasteiger partial charge is 0.497 e. The van der Waals surface area contributed by atoms with E-state index in [1.54, 1.807) is 31.1 Å². The van der Waals surface area contributed by atoms with Crippen LogP contribution in [0.4, 0.5) is 0 Å². The summed E-state index contributed by atoms with van der Waals surface area (Å²) in [5.74, 6) is 2.20. The summed E-state index contributed by atoms with van der Waals surface area (Å²) in [6, 6.07) is 13.4. The molecular weight excluding hydrogens is 386 g/mol. The molecule has 0 atom stereocenters. The topological polar surface area (TPSA) is 81.9 Å². The van der Waals surface area contributed by atoms with E-state index in [0.29, 0.717) is 13.0 Å². The molecule has 2 heterocycles. The highest BCUT2D eigenvalue weighted by Crippen LogP contribution is 2.20. The fraction of sp³-hybridized carbons (Fsp3) is 0.238. The van der Waals surface area contributed by atoms with E-state index < -0.39 is 0 Å². The number of benzene rings is 1. The van der Waals surface area contributed by atoms with Crippen LogP contribution in [0.3, 0.4) is 0 Å². The van der Waals surface area contributed by atoms with Crippen LogP contribution in [0.15, 0.2) is 59.9 Å². The highest BCUT2D eigenvalue weighted by atomic mass is 32.2. The Morgan fingerprint density at radius 1 is 1.21 bits per heavy atom. The number of carbonyl (C=O) groups excluding carboxylic acids is 1. The molecule has 8 heteroatoms. The number of amides is 1. The van der Waals surface area contributed by atoms with E-state index in [9.17, 15) is 4.79 Å². The van der Waals surface area contributed by atoms with Gasteiger partial charge in [0.1, 0.15) is 11.6 Å². The third kappa shape index (κ3) is 6.18. The van der Waals surface area contributed by atoms with Gasteiger partial charge in [0.2, 0.25) is 5.91 Å². The summed E-state index contributed by atoms with van der Waals surface area (Å²) in [4.78, 5) is 16.3. The fourth-order valence-electron chi connectivity index (χ4n) is 2.55. The minimum absolute atomic E-state index is 0.146. The molecule has 2 aromatic heterocycles. The molecule has 0 aliphatic carbocycles. The lowest BCUT2D eigenvalue weighted by molar-refractivity contribution is -0.116. The summed E-state index contributed by atoms with van der Waals surface area (Å²) in [6.45, 7) is 0.489. The van der Waals surface area contributed by atoms with E-state index in [1.165, 1.54) is 6.08 Å². The summed E-state index contributed by atoms with van der Waals surface area (Å²) < 4.78 is 7.07. The van der Waals surface area contributed by atoms with Crippen molar-refractivity contribution in [1.29, 1.82) is 0 Å². The van der Waals surface area contributed by atoms with Gasteiger partial charge in [-0.3, -0.25) is 9.78 Å². The molecular formula is C21H23N5O2S. The van der Waals surface area contributed by atoms with Crippen molar-refractivity contribution in [3.8, 4) is 5.75 Å². The molecule has 7 nitrogen and oxygen atoms in total. The third-order valence-electron chi connectivity index (χ3n) is 4.19. The van der Waals surface area contributed by atoms with Crippen LogP contribution in [0.5, 0.6) is 5.75 Å². The Hall–Kier alpha value is -3.13. The molecule has 0 radical (unpaired) electrons. The van der Waals surface area contributed by atoms with Crippen molar-refractivity contribution >= 4 is 23.7 Å². The molecule has 0 unspecified atom stereocenters. The number of aromatic nitrogens is 4. The van der Waals surface area contributed by atoms with Crippen molar-refractivity contribution in [2.45, 2.75) is 17.3 Å². The van der Waals surface area contributed by atoms with Crippen molar-refractivity contribution in [3.63, 3.8) is 0 Å². The molecule has 0 saturated heterocycles. The van der Waals surface area contributed by atoms with Gasteiger partial charge in [0, 0.05) is 38.0 Å². The molecule has 0 fully saturated rings. The summed E-state index contributed by atoms with van der Waals surface area (Å²) in [6.07, 6.45) is 5.68. The number of methoxy groups -OCH3 is 1. The Bertz CT molecular complexity index is 955. The number of pyridine rings is 1. The van der Waals surface area contributed by atoms with Crippen molar-refractivity contribution in [2.24, 2.45) is 7.05 Å². The number of hydrogen-bond donors (Lipinski definition) is 1. The monoisotopic (exact) mass is 409 g/mol. The first-order chi connectivity index (χ1) is 14.2. The van der Waals surface area contributed by atoms with Gasteiger partial charge in [0.25, 0.3) is 0 Å². The van der Waals surface area contributed by atoms with Crippen LogP contribution >= 0.6 is 11.8 Å². The number of hydrogen-bond acceptors (Lipinski definition) is 6. The number of thioether (sulfide) groups is 1. The van der Waals surface area contributed by atoms with Gasteiger partial charge in [-0.15, -0.1) is 10.2 Å². The zero-order valence-electron chi connectivity index (χ0n) is 16.4. The Morgan fingerprint density at radius 3 is 2.76 bits per heavy atom. The Balaban J connectivity index is 1.44. The maximum absolute atomic E-state index is 12.0. The minimum atomic E-state index is -0.146. The maximum Gasteiger partial charge on any atom is 0.244 e. The van der Waals surface area contributed by atoms with Crippen molar-refractivity contribution in [3.05, 3.63) is 71.8 Å². The Kier molecular flexibility index (Phi) is 7.40. The molecule has 29 heavy (non-hydrogen) atoms. The van der Waals surface area contributed by atoms with Crippen LogP contribution in [-0.2, 0) is 24.0 Å². The second kappa shape index (κ2) is 10.4. The molecule has 0 aliphatic rings. The van der Waals surface area contributed by atoms with Crippen LogP contribution in [-0.4, -0.2) is 39.3 Å². The molecule has 1 aromatic carbocycles. The van der Waals surface area contributed by atoms with E-state index in [1.807, 2.05) is 54.1 Å². The quantitative estimate of drug-likeness (QED) is 0.432. The Labute approximate surface area is 174 Å². The number of carbonyl (C=O) groups is 1. The van der Waals surface area contributed by atoms with Crippen LogP contribution in [0.1, 0.15) is 17.1 Å². The van der Waals surface area contributed by atoms with E-state index in [2.05, 4.69) is 20.5 Å². The molecule has 3 rings (SSSR count). The van der Waals surface area contributed by atoms with E-state index in [-0.39, 0.29) is 5.91 Å². The molecule has 1 N–H and O–H groups in total. The first-order valence-electron chi connectivity index (χ1n) is 9.16. The molecule has 1 amide bonds. The molecule has 0 bridgehead atoms. The molecule has 0 spiro atoms. The van der Waals surface area contributed by atoms with Gasteiger partial charge in [0.15, 0.2) is 5.16 Å². The average Bonchev–Trinajstić information content (AvgIpc) is 3.11. The number of rotatable bonds is 9. The zero-order chi connectivity index (χ0) is 20.5. The lowest BCUT2D eigenvalue weighted by atomic mass is 10.2. The zero-order valence-corrected chi connectivity index (χ0v) is 17.2. The van der Waals surface area contributed by atoms with E-state index >= 15 is 0 Å². The fourth-order valence-corrected chi connectivity index (χ4v) is 3.40. The Morgan fingerprint density at radius 2 is 2.03 bits per heavy atom. The van der Waals surface area contributed by atoms with Crippen LogP contribution in [0.2, 0.25) is 0 Å². The number of nitrogens with one attached hydrogen (secondary N) is 1. The normalized spacial score (nSPS) is 11.0. The van der Waals surface area contributed by atoms with Gasteiger partial charge in [-0.25, -0.2) is 0 Å². The highest BCUT2D eigenvalue weighted by molar-refractivity contribution is 7.98. The lowest BCUT2D eigenvalue weighted by Crippen LogP contribution is -2.24. The standard InChI is InChI=1S/C21H23N5O2S/c1-26-19(24-25-21(26)29-15-17-5-3-4-13-22-17)12-14-23-20(27)11-8-16-6-9-18(28-2)10-7-16/h3-11,13H,12,14-15H2,1-2H3,(H,23,27). The summed E-state index contributed by atoms with van der Waals surface area (Å²) >= 11 is 1.59. The molecule has 0 saturated carbocycles. The minimum Gasteiger partial charge on any atom is -0.497 e. The van der Waals surface area contributed by atoms with Gasteiger partial charge >= 0.3 is 0 Å². The van der Waals surface area contributed by atoms with Crippen molar-refractivity contribution < 1.29 is 9.53 Å². The SMILES string of the molecule is COc1ccc(C=CC(=O)NCCc2nnc(SCc3ccccn3)n2C)cc1. The van der Waals surface area contributed by atoms with Gasteiger partial charge in [-0.2, -0.15) is 0 Å². The van der Waals surface area contributed by atoms with Gasteiger partial charge < -0.3 is 14.6 Å². The first kappa shape index (κ1) is 20.6. The van der Waals surface area contributed by atoms with Gasteiger partial charge in [-0.1, -0.05) is 30.0 Å². The van der Waals surface area contributed by atoms with Crippen molar-refractivity contribution in [1.82, 2.24) is 25.1 Å². The van der Waals surface area contributed by atoms with Crippen molar-refractivity contribution in [2.75, 3.05) is 13.7 Å². The third-order valence-corrected chi connectivity index (χ3v) is 5.24. The lowest BCUT2D eigenvalue weighted by Gasteiger charge is -2.04. The number of nitrogens with zero attached hydrogens (tertiary/aromatic N) is 4. The van der Waals surface area contributed by atoms with Gasteiger partial charge in [-0.05, 0) is 35.9 Å². The van der Waals surface area contributed by atoms with E-state index in [4.69, 9.17) is 4.74 Å². The molecule has 0 aliphatic heterocycles. The highest BCUT2D eigenvalue weighted by Gasteiger charge is 2.10. The number of ether oxygens (including phenoxy) is 1.